The zero-order chi connectivity index (χ0) is 13.8. The summed E-state index contributed by atoms with van der Waals surface area (Å²) in [5.74, 6) is 0. The molecule has 0 fully saturated rings. The first-order chi connectivity index (χ1) is 8.36. The van der Waals surface area contributed by atoms with Crippen LogP contribution in [0.4, 0.5) is 0 Å². The molecule has 2 atom stereocenters. The first kappa shape index (κ1) is 15.1. The summed E-state index contributed by atoms with van der Waals surface area (Å²) in [6.45, 7) is 0.573. The summed E-state index contributed by atoms with van der Waals surface area (Å²) in [6, 6.07) is 6.01. The van der Waals surface area contributed by atoms with Gasteiger partial charge in [-0.2, -0.15) is 0 Å². The van der Waals surface area contributed by atoms with E-state index in [4.69, 9.17) is 0 Å². The number of nitrogens with one attached hydrogen (secondary N) is 1. The predicted octanol–water partition coefficient (Wildman–Crippen LogP) is 0.0939. The van der Waals surface area contributed by atoms with E-state index in [2.05, 4.69) is 5.32 Å². The van der Waals surface area contributed by atoms with Crippen molar-refractivity contribution >= 4 is 9.84 Å². The van der Waals surface area contributed by atoms with Crippen molar-refractivity contribution in [3.8, 4) is 0 Å². The molecule has 1 rings (SSSR count). The van der Waals surface area contributed by atoms with Gasteiger partial charge in [-0.3, -0.25) is 0 Å². The van der Waals surface area contributed by atoms with E-state index in [1.54, 1.807) is 19.2 Å². The molecule has 0 aromatic heterocycles. The third-order valence-corrected chi connectivity index (χ3v) is 3.79. The number of aliphatic hydroxyl groups is 2. The van der Waals surface area contributed by atoms with Gasteiger partial charge in [0.15, 0.2) is 9.84 Å². The second-order valence-corrected chi connectivity index (χ2v) is 6.26. The number of sulfone groups is 1. The van der Waals surface area contributed by atoms with Crippen LogP contribution in [0.5, 0.6) is 0 Å². The minimum atomic E-state index is -3.31. The maximum absolute atomic E-state index is 11.4. The Labute approximate surface area is 107 Å². The zero-order valence-electron chi connectivity index (χ0n) is 10.5. The molecule has 5 nitrogen and oxygen atoms in total. The van der Waals surface area contributed by atoms with Crippen molar-refractivity contribution in [1.29, 1.82) is 0 Å². The maximum atomic E-state index is 11.4. The molecule has 1 aromatic rings. The summed E-state index contributed by atoms with van der Waals surface area (Å²) < 4.78 is 22.8. The maximum Gasteiger partial charge on any atom is 0.175 e. The third-order valence-electron chi connectivity index (χ3n) is 2.68. The number of benzene rings is 1. The van der Waals surface area contributed by atoms with Crippen LogP contribution in [0, 0.1) is 0 Å². The van der Waals surface area contributed by atoms with Crippen molar-refractivity contribution in [1.82, 2.24) is 5.32 Å². The molecule has 0 aliphatic heterocycles. The molecule has 2 unspecified atom stereocenters. The molecule has 0 aliphatic carbocycles. The highest BCUT2D eigenvalue weighted by atomic mass is 32.2. The van der Waals surface area contributed by atoms with Gasteiger partial charge in [0, 0.05) is 6.26 Å². The smallest absolute Gasteiger partial charge is 0.175 e. The molecule has 0 bridgehead atoms. The topological polar surface area (TPSA) is 86.6 Å². The first-order valence-corrected chi connectivity index (χ1v) is 7.56. The van der Waals surface area contributed by atoms with Crippen molar-refractivity contribution < 1.29 is 18.6 Å². The Morgan fingerprint density at radius 3 is 2.56 bits per heavy atom. The van der Waals surface area contributed by atoms with Crippen molar-refractivity contribution in [3.05, 3.63) is 29.8 Å². The Balaban J connectivity index is 2.90. The van der Waals surface area contributed by atoms with Gasteiger partial charge in [0.1, 0.15) is 6.10 Å². The fraction of sp³-hybridized carbons (Fsp3) is 0.500. The van der Waals surface area contributed by atoms with Gasteiger partial charge < -0.3 is 15.5 Å². The molecular weight excluding hydrogens is 254 g/mol. The Kier molecular flexibility index (Phi) is 5.28. The van der Waals surface area contributed by atoms with E-state index in [0.717, 1.165) is 6.26 Å². The van der Waals surface area contributed by atoms with Crippen molar-refractivity contribution in [2.75, 3.05) is 19.8 Å². The number of hydrogen-bond acceptors (Lipinski definition) is 5. The average molecular weight is 273 g/mol. The SMILES string of the molecule is CNCCC(O)C(O)c1cccc(S(C)(=O)=O)c1. The average Bonchev–Trinajstić information content (AvgIpc) is 2.34. The van der Waals surface area contributed by atoms with E-state index in [1.807, 2.05) is 0 Å². The highest BCUT2D eigenvalue weighted by molar-refractivity contribution is 7.90. The lowest BCUT2D eigenvalue weighted by Gasteiger charge is -2.18. The molecular formula is C12H19NO4S. The van der Waals surface area contributed by atoms with Crippen LogP contribution in [-0.4, -0.2) is 44.6 Å². The first-order valence-electron chi connectivity index (χ1n) is 5.67. The lowest BCUT2D eigenvalue weighted by Crippen LogP contribution is -2.23. The molecule has 0 radical (unpaired) electrons. The van der Waals surface area contributed by atoms with Gasteiger partial charge in [0.05, 0.1) is 11.0 Å². The van der Waals surface area contributed by atoms with E-state index in [1.165, 1.54) is 12.1 Å². The third kappa shape index (κ3) is 4.06. The molecule has 0 heterocycles. The second-order valence-electron chi connectivity index (χ2n) is 4.25. The van der Waals surface area contributed by atoms with Crippen molar-refractivity contribution in [3.63, 3.8) is 0 Å². The monoisotopic (exact) mass is 273 g/mol. The van der Waals surface area contributed by atoms with Crippen LogP contribution < -0.4 is 5.32 Å². The standard InChI is InChI=1S/C12H19NO4S/c1-13-7-6-11(14)12(15)9-4-3-5-10(8-9)18(2,16)17/h3-5,8,11-15H,6-7H2,1-2H3. The van der Waals surface area contributed by atoms with Gasteiger partial charge in [-0.15, -0.1) is 0 Å². The van der Waals surface area contributed by atoms with Gasteiger partial charge >= 0.3 is 0 Å². The molecule has 18 heavy (non-hydrogen) atoms. The molecule has 6 heteroatoms. The summed E-state index contributed by atoms with van der Waals surface area (Å²) >= 11 is 0. The fourth-order valence-electron chi connectivity index (χ4n) is 1.60. The second kappa shape index (κ2) is 6.29. The van der Waals surface area contributed by atoms with Crippen LogP contribution in [0.1, 0.15) is 18.1 Å². The van der Waals surface area contributed by atoms with Crippen LogP contribution in [-0.2, 0) is 9.84 Å². The normalized spacial score (nSPS) is 15.3. The predicted molar refractivity (Wildman–Crippen MR) is 69.1 cm³/mol. The van der Waals surface area contributed by atoms with Crippen LogP contribution in [0.2, 0.25) is 0 Å². The molecule has 0 amide bonds. The lowest BCUT2D eigenvalue weighted by molar-refractivity contribution is 0.0139. The minimum absolute atomic E-state index is 0.139. The Hall–Kier alpha value is -0.950. The quantitative estimate of drug-likeness (QED) is 0.684. The van der Waals surface area contributed by atoms with Crippen molar-refractivity contribution in [2.45, 2.75) is 23.5 Å². The summed E-state index contributed by atoms with van der Waals surface area (Å²) in [5, 5.41) is 22.6. The minimum Gasteiger partial charge on any atom is -0.390 e. The zero-order valence-corrected chi connectivity index (χ0v) is 11.3. The molecule has 0 aliphatic rings. The van der Waals surface area contributed by atoms with Crippen LogP contribution in [0.3, 0.4) is 0 Å². The summed E-state index contributed by atoms with van der Waals surface area (Å²) in [5.41, 5.74) is 0.404. The summed E-state index contributed by atoms with van der Waals surface area (Å²) in [6.07, 6.45) is -0.510. The molecule has 1 aromatic carbocycles. The fourth-order valence-corrected chi connectivity index (χ4v) is 2.28. The van der Waals surface area contributed by atoms with Crippen LogP contribution in [0.25, 0.3) is 0 Å². The van der Waals surface area contributed by atoms with Crippen LogP contribution in [0.15, 0.2) is 29.2 Å². The molecule has 102 valence electrons. The number of hydrogen-bond donors (Lipinski definition) is 3. The van der Waals surface area contributed by atoms with E-state index in [0.29, 0.717) is 18.5 Å². The Bertz CT molecular complexity index is 487. The van der Waals surface area contributed by atoms with Gasteiger partial charge in [0.2, 0.25) is 0 Å². The van der Waals surface area contributed by atoms with E-state index >= 15 is 0 Å². The van der Waals surface area contributed by atoms with E-state index in [9.17, 15) is 18.6 Å². The number of rotatable bonds is 6. The molecule has 3 N–H and O–H groups in total. The van der Waals surface area contributed by atoms with Gasteiger partial charge in [-0.25, -0.2) is 8.42 Å². The molecule has 0 spiro atoms. The van der Waals surface area contributed by atoms with E-state index < -0.39 is 22.0 Å². The lowest BCUT2D eigenvalue weighted by atomic mass is 10.0. The van der Waals surface area contributed by atoms with Gasteiger partial charge in [0.25, 0.3) is 0 Å². The molecule has 0 saturated carbocycles. The number of aliphatic hydroxyl groups excluding tert-OH is 2. The van der Waals surface area contributed by atoms with Crippen LogP contribution >= 0.6 is 0 Å². The van der Waals surface area contributed by atoms with Crippen molar-refractivity contribution in [2.24, 2.45) is 0 Å². The van der Waals surface area contributed by atoms with E-state index in [-0.39, 0.29) is 4.90 Å². The van der Waals surface area contributed by atoms with Gasteiger partial charge in [-0.05, 0) is 37.7 Å². The highest BCUT2D eigenvalue weighted by Gasteiger charge is 2.19. The Morgan fingerprint density at radius 2 is 2.00 bits per heavy atom. The largest absolute Gasteiger partial charge is 0.390 e. The highest BCUT2D eigenvalue weighted by Crippen LogP contribution is 2.21. The Morgan fingerprint density at radius 1 is 1.33 bits per heavy atom. The van der Waals surface area contributed by atoms with Gasteiger partial charge in [-0.1, -0.05) is 12.1 Å². The summed E-state index contributed by atoms with van der Waals surface area (Å²) in [7, 11) is -1.55. The summed E-state index contributed by atoms with van der Waals surface area (Å²) in [4.78, 5) is 0.139. The molecule has 0 saturated heterocycles.